The van der Waals surface area contributed by atoms with Crippen molar-refractivity contribution in [3.63, 3.8) is 0 Å². The van der Waals surface area contributed by atoms with Gasteiger partial charge in [-0.25, -0.2) is 10.3 Å². The minimum Gasteiger partial charge on any atom is -0.382 e. The lowest BCUT2D eigenvalue weighted by Gasteiger charge is -2.15. The van der Waals surface area contributed by atoms with Crippen LogP contribution in [0, 0.1) is 13.8 Å². The second kappa shape index (κ2) is 5.97. The van der Waals surface area contributed by atoms with Crippen molar-refractivity contribution < 1.29 is 9.63 Å². The number of nitrogens with one attached hydrogen (secondary N) is 2. The quantitative estimate of drug-likeness (QED) is 0.852. The third-order valence-electron chi connectivity index (χ3n) is 3.51. The van der Waals surface area contributed by atoms with Crippen molar-refractivity contribution in [2.75, 3.05) is 23.5 Å². The van der Waals surface area contributed by atoms with Gasteiger partial charge in [-0.2, -0.15) is 0 Å². The van der Waals surface area contributed by atoms with Gasteiger partial charge in [0.05, 0.1) is 5.69 Å². The highest BCUT2D eigenvalue weighted by molar-refractivity contribution is 5.94. The summed E-state index contributed by atoms with van der Waals surface area (Å²) < 4.78 is 0. The van der Waals surface area contributed by atoms with E-state index in [0.29, 0.717) is 18.8 Å². The van der Waals surface area contributed by atoms with Crippen LogP contribution in [0.15, 0.2) is 42.5 Å². The van der Waals surface area contributed by atoms with Gasteiger partial charge < -0.3 is 10.2 Å². The van der Waals surface area contributed by atoms with Gasteiger partial charge in [-0.1, -0.05) is 6.07 Å². The molecule has 1 saturated heterocycles. The van der Waals surface area contributed by atoms with E-state index in [-0.39, 0.29) is 6.03 Å². The van der Waals surface area contributed by atoms with Crippen LogP contribution in [0.5, 0.6) is 5.75 Å². The predicted octanol–water partition coefficient (Wildman–Crippen LogP) is 3.24. The van der Waals surface area contributed by atoms with Crippen LogP contribution in [-0.4, -0.2) is 19.1 Å². The fraction of sp³-hybridized carbons (Fsp3) is 0.235. The van der Waals surface area contributed by atoms with Gasteiger partial charge in [-0.15, -0.1) is 0 Å². The van der Waals surface area contributed by atoms with Crippen LogP contribution < -0.4 is 20.5 Å². The number of anilines is 2. The molecule has 0 saturated carbocycles. The highest BCUT2D eigenvalue weighted by Gasteiger charge is 2.20. The molecule has 2 aromatic carbocycles. The van der Waals surface area contributed by atoms with Crippen molar-refractivity contribution in [2.45, 2.75) is 13.8 Å². The molecule has 5 heteroatoms. The number of aryl methyl sites for hydroxylation is 2. The monoisotopic (exact) mass is 297 g/mol. The third kappa shape index (κ3) is 3.14. The number of hydrogen-bond donors (Lipinski definition) is 2. The Morgan fingerprint density at radius 1 is 1.09 bits per heavy atom. The molecule has 2 aromatic rings. The van der Waals surface area contributed by atoms with Crippen molar-refractivity contribution in [3.8, 4) is 5.75 Å². The molecule has 114 valence electrons. The highest BCUT2D eigenvalue weighted by atomic mass is 16.6. The van der Waals surface area contributed by atoms with Crippen LogP contribution in [0.1, 0.15) is 11.1 Å². The van der Waals surface area contributed by atoms with Gasteiger partial charge in [0, 0.05) is 18.8 Å². The molecule has 22 heavy (non-hydrogen) atoms. The molecule has 3 rings (SSSR count). The molecular weight excluding hydrogens is 278 g/mol. The Morgan fingerprint density at radius 2 is 1.77 bits per heavy atom. The van der Waals surface area contributed by atoms with Crippen LogP contribution in [0.2, 0.25) is 0 Å². The maximum absolute atomic E-state index is 11.6. The standard InChI is InChI=1S/C17H19N3O2/c1-12-9-13(2)11-14(10-12)19-22-16-5-3-15(4-6-16)20-8-7-18-17(20)21/h3-6,9-11,19H,7-8H2,1-2H3,(H,18,21). The zero-order valence-corrected chi connectivity index (χ0v) is 12.7. The van der Waals surface area contributed by atoms with E-state index < -0.39 is 0 Å². The van der Waals surface area contributed by atoms with Gasteiger partial charge in [-0.05, 0) is 61.4 Å². The number of benzene rings is 2. The largest absolute Gasteiger partial charge is 0.382 e. The topological polar surface area (TPSA) is 53.6 Å². The first-order valence-electron chi connectivity index (χ1n) is 7.28. The average molecular weight is 297 g/mol. The maximum Gasteiger partial charge on any atom is 0.321 e. The zero-order chi connectivity index (χ0) is 15.5. The molecule has 0 aromatic heterocycles. The smallest absolute Gasteiger partial charge is 0.321 e. The molecule has 0 spiro atoms. The maximum atomic E-state index is 11.6. The van der Waals surface area contributed by atoms with Gasteiger partial charge in [0.15, 0.2) is 5.75 Å². The van der Waals surface area contributed by atoms with Crippen LogP contribution in [0.4, 0.5) is 16.2 Å². The Bertz CT molecular complexity index is 663. The van der Waals surface area contributed by atoms with E-state index in [0.717, 1.165) is 11.4 Å². The Kier molecular flexibility index (Phi) is 3.87. The molecule has 5 nitrogen and oxygen atoms in total. The van der Waals surface area contributed by atoms with Crippen molar-refractivity contribution in [2.24, 2.45) is 0 Å². The highest BCUT2D eigenvalue weighted by Crippen LogP contribution is 2.21. The molecule has 0 atom stereocenters. The first kappa shape index (κ1) is 14.3. The molecule has 2 amide bonds. The minimum absolute atomic E-state index is 0.0537. The van der Waals surface area contributed by atoms with Gasteiger partial charge in [0.25, 0.3) is 0 Å². The molecule has 0 radical (unpaired) electrons. The number of carbonyl (C=O) groups excluding carboxylic acids is 1. The summed E-state index contributed by atoms with van der Waals surface area (Å²) in [7, 11) is 0. The molecule has 1 aliphatic heterocycles. The predicted molar refractivity (Wildman–Crippen MR) is 87.4 cm³/mol. The summed E-state index contributed by atoms with van der Waals surface area (Å²) in [5.41, 5.74) is 7.10. The number of urea groups is 1. The van der Waals surface area contributed by atoms with Crippen molar-refractivity contribution in [3.05, 3.63) is 53.6 Å². The molecule has 0 unspecified atom stereocenters. The summed E-state index contributed by atoms with van der Waals surface area (Å²) in [5, 5.41) is 2.78. The minimum atomic E-state index is -0.0537. The molecule has 0 bridgehead atoms. The van der Waals surface area contributed by atoms with E-state index in [1.165, 1.54) is 11.1 Å². The number of nitrogens with zero attached hydrogens (tertiary/aromatic N) is 1. The number of rotatable bonds is 4. The Balaban J connectivity index is 1.65. The van der Waals surface area contributed by atoms with E-state index in [9.17, 15) is 4.79 Å². The number of amides is 2. The number of carbonyl (C=O) groups is 1. The first-order valence-corrected chi connectivity index (χ1v) is 7.28. The van der Waals surface area contributed by atoms with Gasteiger partial charge in [0.1, 0.15) is 0 Å². The molecule has 1 heterocycles. The van der Waals surface area contributed by atoms with E-state index in [1.807, 2.05) is 50.2 Å². The van der Waals surface area contributed by atoms with Gasteiger partial charge >= 0.3 is 6.03 Å². The number of hydrogen-bond acceptors (Lipinski definition) is 3. The lowest BCUT2D eigenvalue weighted by Crippen LogP contribution is -2.27. The molecule has 0 aliphatic carbocycles. The summed E-state index contributed by atoms with van der Waals surface area (Å²) in [6.07, 6.45) is 0. The summed E-state index contributed by atoms with van der Waals surface area (Å²) in [4.78, 5) is 18.9. The van der Waals surface area contributed by atoms with E-state index in [1.54, 1.807) is 4.90 Å². The zero-order valence-electron chi connectivity index (χ0n) is 12.7. The Labute approximate surface area is 129 Å². The van der Waals surface area contributed by atoms with Crippen LogP contribution in [0.25, 0.3) is 0 Å². The normalized spacial score (nSPS) is 13.9. The summed E-state index contributed by atoms with van der Waals surface area (Å²) >= 11 is 0. The lowest BCUT2D eigenvalue weighted by atomic mass is 10.1. The fourth-order valence-electron chi connectivity index (χ4n) is 2.56. The summed E-state index contributed by atoms with van der Waals surface area (Å²) in [6.45, 7) is 5.48. The summed E-state index contributed by atoms with van der Waals surface area (Å²) in [5.74, 6) is 0.697. The van der Waals surface area contributed by atoms with Crippen LogP contribution in [0.3, 0.4) is 0 Å². The molecule has 2 N–H and O–H groups in total. The van der Waals surface area contributed by atoms with Gasteiger partial charge in [0.2, 0.25) is 0 Å². The van der Waals surface area contributed by atoms with Crippen LogP contribution in [-0.2, 0) is 0 Å². The second-order valence-electron chi connectivity index (χ2n) is 5.46. The second-order valence-corrected chi connectivity index (χ2v) is 5.46. The molecule has 1 fully saturated rings. The van der Waals surface area contributed by atoms with Crippen molar-refractivity contribution in [1.82, 2.24) is 5.32 Å². The summed E-state index contributed by atoms with van der Waals surface area (Å²) in [6, 6.07) is 13.6. The average Bonchev–Trinajstić information content (AvgIpc) is 2.91. The third-order valence-corrected chi connectivity index (χ3v) is 3.51. The van der Waals surface area contributed by atoms with Crippen molar-refractivity contribution in [1.29, 1.82) is 0 Å². The lowest BCUT2D eigenvalue weighted by molar-refractivity contribution is 0.252. The van der Waals surface area contributed by atoms with Gasteiger partial charge in [-0.3, -0.25) is 4.90 Å². The molecule has 1 aliphatic rings. The molecular formula is C17H19N3O2. The fourth-order valence-corrected chi connectivity index (χ4v) is 2.56. The van der Waals surface area contributed by atoms with E-state index in [4.69, 9.17) is 4.84 Å². The Hall–Kier alpha value is -2.69. The van der Waals surface area contributed by atoms with Crippen molar-refractivity contribution >= 4 is 17.4 Å². The SMILES string of the molecule is Cc1cc(C)cc(NOc2ccc(N3CCNC3=O)cc2)c1. The Morgan fingerprint density at radius 3 is 2.36 bits per heavy atom. The first-order chi connectivity index (χ1) is 10.6. The van der Waals surface area contributed by atoms with Crippen LogP contribution >= 0.6 is 0 Å². The van der Waals surface area contributed by atoms with E-state index in [2.05, 4.69) is 16.9 Å². The van der Waals surface area contributed by atoms with E-state index >= 15 is 0 Å².